The molecule has 0 aliphatic carbocycles. The van der Waals surface area contributed by atoms with E-state index >= 15 is 0 Å². The molecule has 2 heterocycles. The van der Waals surface area contributed by atoms with Crippen molar-refractivity contribution in [1.29, 1.82) is 0 Å². The monoisotopic (exact) mass is 194 g/mol. The number of hydrogen-bond acceptors (Lipinski definition) is 4. The molecule has 1 fully saturated rings. The first-order valence-corrected chi connectivity index (χ1v) is 4.85. The molecule has 0 bridgehead atoms. The number of nitrogens with one attached hydrogen (secondary N) is 1. The van der Waals surface area contributed by atoms with Crippen molar-refractivity contribution < 1.29 is 9.47 Å². The van der Waals surface area contributed by atoms with E-state index in [-0.39, 0.29) is 6.10 Å². The van der Waals surface area contributed by atoms with Gasteiger partial charge in [-0.1, -0.05) is 0 Å². The predicted octanol–water partition coefficient (Wildman–Crippen LogP) is 0.831. The number of hydrogen-bond donors (Lipinski definition) is 1. The molecule has 1 aliphatic rings. The first-order valence-electron chi connectivity index (χ1n) is 4.85. The van der Waals surface area contributed by atoms with E-state index in [4.69, 9.17) is 9.47 Å². The summed E-state index contributed by atoms with van der Waals surface area (Å²) >= 11 is 0. The first kappa shape index (κ1) is 9.27. The van der Waals surface area contributed by atoms with E-state index in [1.807, 2.05) is 19.1 Å². The van der Waals surface area contributed by atoms with Crippen LogP contribution in [0.1, 0.15) is 6.92 Å². The summed E-state index contributed by atoms with van der Waals surface area (Å²) in [6, 6.07) is 3.72. The van der Waals surface area contributed by atoms with Gasteiger partial charge < -0.3 is 14.8 Å². The van der Waals surface area contributed by atoms with E-state index in [1.165, 1.54) is 0 Å². The maximum atomic E-state index is 5.64. The zero-order chi connectivity index (χ0) is 9.80. The lowest BCUT2D eigenvalue weighted by molar-refractivity contribution is 0.129. The Kier molecular flexibility index (Phi) is 2.84. The Morgan fingerprint density at radius 1 is 1.57 bits per heavy atom. The second-order valence-corrected chi connectivity index (χ2v) is 3.14. The van der Waals surface area contributed by atoms with Crippen molar-refractivity contribution in [3.8, 4) is 11.6 Å². The zero-order valence-electron chi connectivity index (χ0n) is 8.19. The van der Waals surface area contributed by atoms with Crippen LogP contribution in [0, 0.1) is 0 Å². The van der Waals surface area contributed by atoms with Crippen LogP contribution in [0.15, 0.2) is 18.3 Å². The van der Waals surface area contributed by atoms with Gasteiger partial charge in [0.1, 0.15) is 6.10 Å². The predicted molar refractivity (Wildman–Crippen MR) is 52.7 cm³/mol. The third-order valence-corrected chi connectivity index (χ3v) is 2.06. The van der Waals surface area contributed by atoms with Gasteiger partial charge in [-0.25, -0.2) is 4.98 Å². The van der Waals surface area contributed by atoms with Crippen LogP contribution >= 0.6 is 0 Å². The van der Waals surface area contributed by atoms with Crippen LogP contribution in [-0.4, -0.2) is 30.8 Å². The normalized spacial score (nSPS) is 16.1. The highest BCUT2D eigenvalue weighted by atomic mass is 16.5. The molecule has 0 aromatic carbocycles. The highest BCUT2D eigenvalue weighted by Gasteiger charge is 2.20. The minimum atomic E-state index is 0.240. The molecule has 1 N–H and O–H groups in total. The summed E-state index contributed by atoms with van der Waals surface area (Å²) in [4.78, 5) is 4.14. The van der Waals surface area contributed by atoms with Crippen LogP contribution in [-0.2, 0) is 0 Å². The second kappa shape index (κ2) is 4.28. The van der Waals surface area contributed by atoms with Gasteiger partial charge in [-0.3, -0.25) is 0 Å². The molecule has 1 aromatic heterocycles. The van der Waals surface area contributed by atoms with Gasteiger partial charge in [0, 0.05) is 19.3 Å². The summed E-state index contributed by atoms with van der Waals surface area (Å²) in [7, 11) is 0. The molecule has 14 heavy (non-hydrogen) atoms. The minimum absolute atomic E-state index is 0.240. The molecule has 0 amide bonds. The maximum Gasteiger partial charge on any atom is 0.257 e. The zero-order valence-corrected chi connectivity index (χ0v) is 8.19. The molecule has 0 spiro atoms. The highest BCUT2D eigenvalue weighted by Crippen LogP contribution is 2.24. The van der Waals surface area contributed by atoms with Crippen LogP contribution < -0.4 is 14.8 Å². The van der Waals surface area contributed by atoms with Gasteiger partial charge in [-0.05, 0) is 19.1 Å². The lowest BCUT2D eigenvalue weighted by Gasteiger charge is -2.27. The fourth-order valence-electron chi connectivity index (χ4n) is 1.23. The van der Waals surface area contributed by atoms with Gasteiger partial charge in [0.25, 0.3) is 5.88 Å². The van der Waals surface area contributed by atoms with Crippen molar-refractivity contribution >= 4 is 0 Å². The topological polar surface area (TPSA) is 43.4 Å². The van der Waals surface area contributed by atoms with E-state index in [2.05, 4.69) is 10.3 Å². The van der Waals surface area contributed by atoms with Gasteiger partial charge in [0.05, 0.1) is 6.61 Å². The Balaban J connectivity index is 2.05. The van der Waals surface area contributed by atoms with E-state index < -0.39 is 0 Å². The van der Waals surface area contributed by atoms with Crippen molar-refractivity contribution in [3.63, 3.8) is 0 Å². The van der Waals surface area contributed by atoms with Crippen LogP contribution in [0.5, 0.6) is 11.6 Å². The molecule has 1 aliphatic heterocycles. The summed E-state index contributed by atoms with van der Waals surface area (Å²) in [6.45, 7) is 4.36. The molecule has 0 saturated carbocycles. The molecule has 1 saturated heterocycles. The average Bonchev–Trinajstić information content (AvgIpc) is 2.14. The summed E-state index contributed by atoms with van der Waals surface area (Å²) in [5.41, 5.74) is 0. The van der Waals surface area contributed by atoms with Crippen molar-refractivity contribution in [2.45, 2.75) is 13.0 Å². The van der Waals surface area contributed by atoms with E-state index in [9.17, 15) is 0 Å². The Hall–Kier alpha value is -1.29. The molecule has 0 unspecified atom stereocenters. The molecule has 0 radical (unpaired) electrons. The molecule has 2 rings (SSSR count). The summed E-state index contributed by atoms with van der Waals surface area (Å²) in [6.07, 6.45) is 1.95. The lowest BCUT2D eigenvalue weighted by atomic mass is 10.2. The Morgan fingerprint density at radius 2 is 2.43 bits per heavy atom. The first-order chi connectivity index (χ1) is 6.90. The number of aromatic nitrogens is 1. The molecule has 4 heteroatoms. The highest BCUT2D eigenvalue weighted by molar-refractivity contribution is 5.32. The van der Waals surface area contributed by atoms with Gasteiger partial charge in [-0.15, -0.1) is 0 Å². The fraction of sp³-hybridized carbons (Fsp3) is 0.500. The van der Waals surface area contributed by atoms with E-state index in [1.54, 1.807) is 6.20 Å². The quantitative estimate of drug-likeness (QED) is 0.771. The Labute approximate surface area is 83.2 Å². The minimum Gasteiger partial charge on any atom is -0.488 e. The summed E-state index contributed by atoms with van der Waals surface area (Å²) < 4.78 is 11.0. The third-order valence-electron chi connectivity index (χ3n) is 2.06. The Morgan fingerprint density at radius 3 is 3.07 bits per heavy atom. The SMILES string of the molecule is CCOc1cccnc1OC1CNC1. The largest absolute Gasteiger partial charge is 0.488 e. The van der Waals surface area contributed by atoms with Crippen LogP contribution in [0.4, 0.5) is 0 Å². The number of pyridine rings is 1. The van der Waals surface area contributed by atoms with Crippen molar-refractivity contribution in [3.05, 3.63) is 18.3 Å². The van der Waals surface area contributed by atoms with Crippen LogP contribution in [0.2, 0.25) is 0 Å². The maximum absolute atomic E-state index is 5.64. The molecule has 1 aromatic rings. The molecule has 76 valence electrons. The summed E-state index contributed by atoms with van der Waals surface area (Å²) in [5.74, 6) is 1.32. The summed E-state index contributed by atoms with van der Waals surface area (Å²) in [5, 5.41) is 3.14. The van der Waals surface area contributed by atoms with Gasteiger partial charge in [0.2, 0.25) is 0 Å². The van der Waals surface area contributed by atoms with Gasteiger partial charge in [0.15, 0.2) is 5.75 Å². The second-order valence-electron chi connectivity index (χ2n) is 3.14. The standard InChI is InChI=1S/C10H14N2O2/c1-2-13-9-4-3-5-12-10(9)14-8-6-11-7-8/h3-5,8,11H,2,6-7H2,1H3. The van der Waals surface area contributed by atoms with E-state index in [0.29, 0.717) is 12.5 Å². The lowest BCUT2D eigenvalue weighted by Crippen LogP contribution is -2.50. The number of nitrogens with zero attached hydrogens (tertiary/aromatic N) is 1. The van der Waals surface area contributed by atoms with Crippen molar-refractivity contribution in [2.24, 2.45) is 0 Å². The van der Waals surface area contributed by atoms with Crippen LogP contribution in [0.25, 0.3) is 0 Å². The molecular weight excluding hydrogens is 180 g/mol. The van der Waals surface area contributed by atoms with Crippen LogP contribution in [0.3, 0.4) is 0 Å². The fourth-order valence-corrected chi connectivity index (χ4v) is 1.23. The van der Waals surface area contributed by atoms with Gasteiger partial charge >= 0.3 is 0 Å². The molecule has 0 atom stereocenters. The van der Waals surface area contributed by atoms with Crippen molar-refractivity contribution in [1.82, 2.24) is 10.3 Å². The number of rotatable bonds is 4. The molecule has 4 nitrogen and oxygen atoms in total. The Bertz CT molecular complexity index is 300. The average molecular weight is 194 g/mol. The van der Waals surface area contributed by atoms with E-state index in [0.717, 1.165) is 18.8 Å². The third kappa shape index (κ3) is 1.96. The van der Waals surface area contributed by atoms with Crippen molar-refractivity contribution in [2.75, 3.05) is 19.7 Å². The molecular formula is C10H14N2O2. The van der Waals surface area contributed by atoms with Gasteiger partial charge in [-0.2, -0.15) is 0 Å². The number of ether oxygens (including phenoxy) is 2. The smallest absolute Gasteiger partial charge is 0.257 e.